The number of carbonyl (C=O) groups excluding carboxylic acids is 6. The summed E-state index contributed by atoms with van der Waals surface area (Å²) in [6.07, 6.45) is 14.3. The van der Waals surface area contributed by atoms with E-state index in [1.807, 2.05) is 109 Å². The van der Waals surface area contributed by atoms with Gasteiger partial charge in [0, 0.05) is 114 Å². The molecule has 5 amide bonds. The van der Waals surface area contributed by atoms with Gasteiger partial charge in [-0.1, -0.05) is 178 Å². The highest BCUT2D eigenvalue weighted by atomic mass is 35.5. The fraction of sp³-hybridized carbons (Fsp3) is 0.102. The molecule has 0 saturated carbocycles. The number of nitrogens with one attached hydrogen (secondary N) is 5. The Morgan fingerprint density at radius 1 is 0.422 bits per heavy atom. The van der Waals surface area contributed by atoms with Crippen molar-refractivity contribution in [1.29, 1.82) is 0 Å². The number of nitrogens with zero attached hydrogens (tertiary/aromatic N) is 7. The second-order valence-corrected chi connectivity index (χ2v) is 31.4. The normalized spacial score (nSPS) is 12.1. The minimum Gasteiger partial charge on any atom is -0.506 e. The number of pyridine rings is 1. The number of halogens is 7. The zero-order valence-corrected chi connectivity index (χ0v) is 76.1. The van der Waals surface area contributed by atoms with Crippen molar-refractivity contribution >= 4 is 186 Å². The van der Waals surface area contributed by atoms with Gasteiger partial charge in [0.25, 0.3) is 35.2 Å². The molecule has 10 N–H and O–H groups in total. The molecule has 1 fully saturated rings. The average molecular weight is 1960 g/mol. The number of hydrogen-bond donors (Lipinski definition) is 10. The summed E-state index contributed by atoms with van der Waals surface area (Å²) >= 11 is 40.7. The van der Waals surface area contributed by atoms with Crippen LogP contribution >= 0.6 is 81.2 Å². The molecule has 2 heterocycles. The highest BCUT2D eigenvalue weighted by Crippen LogP contribution is 2.35. The molecule has 0 radical (unpaired) electrons. The molecule has 1 aliphatic rings. The second-order valence-electron chi connectivity index (χ2n) is 28.5. The Morgan fingerprint density at radius 2 is 0.807 bits per heavy atom. The van der Waals surface area contributed by atoms with Gasteiger partial charge >= 0.3 is 5.97 Å². The number of rotatable bonds is 26. The van der Waals surface area contributed by atoms with Crippen LogP contribution in [0.5, 0.6) is 46.0 Å². The number of ether oxygens (including phenoxy) is 5. The fourth-order valence-corrected chi connectivity index (χ4v) is 13.8. The van der Waals surface area contributed by atoms with E-state index >= 15 is 0 Å². The van der Waals surface area contributed by atoms with E-state index in [0.29, 0.717) is 57.9 Å². The van der Waals surface area contributed by atoms with E-state index in [4.69, 9.17) is 105 Å². The number of non-ortho nitro benzene ring substituents is 1. The number of nitro groups is 1. The van der Waals surface area contributed by atoms with Crippen LogP contribution in [0.4, 0.5) is 5.69 Å². The van der Waals surface area contributed by atoms with Gasteiger partial charge in [0.15, 0.2) is 6.61 Å². The molecule has 135 heavy (non-hydrogen) atoms. The third-order valence-electron chi connectivity index (χ3n) is 19.2. The Labute approximate surface area is 805 Å². The van der Waals surface area contributed by atoms with E-state index in [1.54, 1.807) is 68.1 Å². The predicted octanol–water partition coefficient (Wildman–Crippen LogP) is 20.6. The van der Waals surface area contributed by atoms with Crippen LogP contribution in [0.3, 0.4) is 0 Å². The summed E-state index contributed by atoms with van der Waals surface area (Å²) in [6, 6.07) is 69.5. The van der Waals surface area contributed by atoms with Crippen molar-refractivity contribution < 1.29 is 82.9 Å². The highest BCUT2D eigenvalue weighted by Gasteiger charge is 2.19. The maximum atomic E-state index is 12.3. The average Bonchev–Trinajstić information content (AvgIpc) is 0.806. The molecule has 37 heteroatoms. The van der Waals surface area contributed by atoms with E-state index in [0.717, 1.165) is 85.5 Å². The summed E-state index contributed by atoms with van der Waals surface area (Å²) in [6.45, 7) is 3.58. The topological polar surface area (TPSA) is 428 Å². The zero-order valence-electron chi connectivity index (χ0n) is 70.8. The number of esters is 1. The summed E-state index contributed by atoms with van der Waals surface area (Å²) in [5.74, 6) is -1.14. The lowest BCUT2D eigenvalue weighted by Crippen LogP contribution is -2.25. The van der Waals surface area contributed by atoms with Gasteiger partial charge in [-0.05, 0) is 188 Å². The molecular weight excluding hydrogens is 1880 g/mol. The highest BCUT2D eigenvalue weighted by molar-refractivity contribution is 6.36. The molecular formula is C98H79Cl7N12O18. The number of phenolic OH excluding ortho intramolecular Hbond substituents is 5. The van der Waals surface area contributed by atoms with Crippen LogP contribution in [0.25, 0.3) is 32.3 Å². The Hall–Kier alpha value is -15.3. The van der Waals surface area contributed by atoms with E-state index < -0.39 is 40.4 Å². The first-order valence-electron chi connectivity index (χ1n) is 40.6. The number of fused-ring (bicyclic) bond motifs is 3. The predicted molar refractivity (Wildman–Crippen MR) is 522 cm³/mol. The fourth-order valence-electron chi connectivity index (χ4n) is 12.4. The van der Waals surface area contributed by atoms with Crippen molar-refractivity contribution in [3.8, 4) is 46.0 Å². The minimum absolute atomic E-state index is 0.0512. The molecule has 1 aliphatic heterocycles. The first-order chi connectivity index (χ1) is 65.2. The molecule has 15 rings (SSSR count). The molecule has 14 aromatic rings. The van der Waals surface area contributed by atoms with Crippen LogP contribution in [-0.2, 0) is 20.9 Å². The van der Waals surface area contributed by atoms with E-state index in [-0.39, 0.29) is 88.9 Å². The van der Waals surface area contributed by atoms with Gasteiger partial charge < -0.3 is 49.2 Å². The SMILES string of the molecule is CCOC(=O)COc1ccc(/C=N/NC(=O)c2ccc(O)c(Cl)c2)c2ccccc12.O=C(N/N=C/c1ccc(Cl)cc1Cl)c1ccc(O)c(Cl)c1.O=C(N/N=C/c1ccc(OCC2CCCCO2)c2ccccc12)c1ccc(O)c(Cl)c1.O=C(N/N=C/c1ccc(OCc2cccnc2)c2ccccc12)c1ccc(O)c(Cl)c1.O=C(N/N=C/c1cccc([N+](=O)[O-])c1)c1ccc(O)c(Cl)c1. The van der Waals surface area contributed by atoms with E-state index in [1.165, 1.54) is 134 Å². The van der Waals surface area contributed by atoms with Crippen molar-refractivity contribution in [1.82, 2.24) is 32.1 Å². The number of amides is 5. The summed E-state index contributed by atoms with van der Waals surface area (Å²) in [5, 5.41) is 84.1. The molecule has 688 valence electrons. The molecule has 1 saturated heterocycles. The number of benzene rings is 13. The van der Waals surface area contributed by atoms with Crippen LogP contribution < -0.4 is 41.3 Å². The van der Waals surface area contributed by atoms with Crippen molar-refractivity contribution in [2.45, 2.75) is 38.9 Å². The molecule has 0 spiro atoms. The number of hydrogen-bond acceptors (Lipinski definition) is 24. The van der Waals surface area contributed by atoms with Crippen LogP contribution in [0, 0.1) is 10.1 Å². The Kier molecular flexibility index (Phi) is 37.4. The van der Waals surface area contributed by atoms with Crippen LogP contribution in [0.1, 0.15) is 111 Å². The van der Waals surface area contributed by atoms with Gasteiger partial charge in [-0.2, -0.15) is 25.5 Å². The van der Waals surface area contributed by atoms with Crippen LogP contribution in [-0.4, -0.2) is 135 Å². The molecule has 1 aromatic heterocycles. The maximum absolute atomic E-state index is 12.3. The van der Waals surface area contributed by atoms with Gasteiger partial charge in [0.2, 0.25) is 0 Å². The molecule has 1 unspecified atom stereocenters. The lowest BCUT2D eigenvalue weighted by molar-refractivity contribution is -0.384. The summed E-state index contributed by atoms with van der Waals surface area (Å²) < 4.78 is 28.3. The summed E-state index contributed by atoms with van der Waals surface area (Å²) in [5.41, 5.74) is 17.8. The van der Waals surface area contributed by atoms with Crippen LogP contribution in [0.15, 0.2) is 293 Å². The minimum atomic E-state index is -0.524. The standard InChI is InChI=1S/C24H18ClN3O3.C24H23ClN2O4.C22H19ClN2O5.C14H9Cl3N2O2.C14H10ClN3O4/c25-21-12-17(7-9-22(21)29)24(30)28-27-14-18-8-10-23(20-6-2-1-5-19(18)20)31-15-16-4-3-11-26-13-16;25-21-13-16(8-10-22(21)28)24(29)27-26-14-17-9-11-23(20-7-2-1-6-19(17)20)31-15-18-5-3-4-12-30-18;1-2-29-21(27)13-30-20-10-8-15(16-5-3-4-6-17(16)20)12-24-25-22(28)14-7-9-19(26)18(23)11-14;15-10-3-1-9(11(16)6-10)7-18-19-14(21)8-2-4-13(20)12(17)5-8;15-12-7-10(4-5-13(12)19)14(20)17-16-8-9-2-1-3-11(6-9)18(21)22/h1-14,29H,15H2,(H,28,30);1-2,6-11,13-14,18,28H,3-5,12,15H2,(H,27,29);3-12,26H,2,13H2,1H3,(H,25,28);1-7,20H,(H,19,21);1-8,19H,(H,17,20)/b27-14+;26-14+;24-12+;18-7+;16-8+. The number of aromatic nitrogens is 1. The Bertz CT molecular complexity index is 6810. The maximum Gasteiger partial charge on any atom is 0.344 e. The quantitative estimate of drug-likeness (QED) is 0.0104. The van der Waals surface area contributed by atoms with Crippen molar-refractivity contribution in [2.24, 2.45) is 25.5 Å². The molecule has 13 aromatic carbocycles. The Balaban J connectivity index is 0.000000164. The number of nitro benzene ring substituents is 1. The number of carbonyl (C=O) groups is 6. The molecule has 1 atom stereocenters. The number of phenols is 5. The number of hydrazone groups is 5. The van der Waals surface area contributed by atoms with E-state index in [2.05, 4.69) is 57.6 Å². The third kappa shape index (κ3) is 29.9. The smallest absolute Gasteiger partial charge is 0.344 e. The van der Waals surface area contributed by atoms with Gasteiger partial charge in [0.1, 0.15) is 59.2 Å². The zero-order chi connectivity index (χ0) is 96.3. The lowest BCUT2D eigenvalue weighted by atomic mass is 10.0. The van der Waals surface area contributed by atoms with Crippen molar-refractivity contribution in [3.63, 3.8) is 0 Å². The first-order valence-corrected chi connectivity index (χ1v) is 43.2. The van der Waals surface area contributed by atoms with E-state index in [9.17, 15) is 64.4 Å². The van der Waals surface area contributed by atoms with Crippen molar-refractivity contribution in [2.75, 3.05) is 26.4 Å². The largest absolute Gasteiger partial charge is 0.506 e. The third-order valence-corrected chi connectivity index (χ3v) is 21.2. The molecule has 30 nitrogen and oxygen atoms in total. The Morgan fingerprint density at radius 3 is 1.18 bits per heavy atom. The summed E-state index contributed by atoms with van der Waals surface area (Å²) in [7, 11) is 0. The van der Waals surface area contributed by atoms with Gasteiger partial charge in [-0.25, -0.2) is 31.9 Å². The lowest BCUT2D eigenvalue weighted by Gasteiger charge is -2.23. The first kappa shape index (κ1) is 100. The van der Waals surface area contributed by atoms with Crippen LogP contribution in [0.2, 0.25) is 35.2 Å². The number of aromatic hydroxyl groups is 5. The molecule has 0 bridgehead atoms. The molecule has 0 aliphatic carbocycles. The monoisotopic (exact) mass is 1960 g/mol. The summed E-state index contributed by atoms with van der Waals surface area (Å²) in [4.78, 5) is 86.1. The van der Waals surface area contributed by atoms with Gasteiger partial charge in [-0.3, -0.25) is 39.1 Å². The van der Waals surface area contributed by atoms with Crippen molar-refractivity contribution in [3.05, 3.63) is 374 Å². The van der Waals surface area contributed by atoms with Gasteiger partial charge in [0.05, 0.1) is 78.8 Å². The second kappa shape index (κ2) is 50.4. The van der Waals surface area contributed by atoms with Gasteiger partial charge in [-0.15, -0.1) is 0 Å².